The predicted molar refractivity (Wildman–Crippen MR) is 120 cm³/mol. The Kier molecular flexibility index (Phi) is 8.97. The number of hydrogen-bond donors (Lipinski definition) is 4. The summed E-state index contributed by atoms with van der Waals surface area (Å²) < 4.78 is 16.4. The fourth-order valence-corrected chi connectivity index (χ4v) is 2.95. The van der Waals surface area contributed by atoms with Gasteiger partial charge in [0, 0.05) is 11.6 Å². The maximum absolute atomic E-state index is 8.99. The molecule has 0 aliphatic carbocycles. The largest absolute Gasteiger partial charge is 0.495 e. The molecule has 1 heterocycles. The molecule has 3 aromatic rings. The molecular formula is C19H21Cl2N5O5. The van der Waals surface area contributed by atoms with Gasteiger partial charge in [-0.05, 0) is 24.3 Å². The normalized spacial score (nSPS) is 11.3. The van der Waals surface area contributed by atoms with Crippen molar-refractivity contribution in [3.63, 3.8) is 0 Å². The number of rotatable bonds is 6. The number of methoxy groups -OCH3 is 2. The van der Waals surface area contributed by atoms with Gasteiger partial charge >= 0.3 is 0 Å². The Hall–Kier alpha value is -3.63. The Morgan fingerprint density at radius 3 is 1.84 bits per heavy atom. The van der Waals surface area contributed by atoms with E-state index < -0.39 is 0 Å². The Bertz CT molecular complexity index is 1020. The second-order valence-electron chi connectivity index (χ2n) is 5.82. The molecular weight excluding hydrogens is 449 g/mol. The number of aromatic nitrogens is 1. The number of nitrogens with two attached hydrogens (primary N) is 2. The third kappa shape index (κ3) is 4.76. The molecule has 0 atom stereocenters. The highest BCUT2D eigenvalue weighted by atomic mass is 35.5. The number of hydrogen-bond acceptors (Lipinski definition) is 8. The van der Waals surface area contributed by atoms with Crippen LogP contribution in [0.3, 0.4) is 0 Å². The van der Waals surface area contributed by atoms with Crippen molar-refractivity contribution < 1.29 is 24.4 Å². The minimum absolute atomic E-state index is 0. The molecule has 0 saturated carbocycles. The summed E-state index contributed by atoms with van der Waals surface area (Å²) in [4.78, 5) is 0. The molecule has 2 aromatic carbocycles. The summed E-state index contributed by atoms with van der Waals surface area (Å²) in [5, 5.41) is 28.1. The average Bonchev–Trinajstić information content (AvgIpc) is 3.26. The second kappa shape index (κ2) is 11.0. The van der Waals surface area contributed by atoms with Crippen LogP contribution in [-0.4, -0.2) is 41.5 Å². The van der Waals surface area contributed by atoms with E-state index in [1.807, 2.05) is 0 Å². The smallest absolute Gasteiger partial charge is 0.173 e. The molecule has 0 saturated heterocycles. The first kappa shape index (κ1) is 25.4. The van der Waals surface area contributed by atoms with Crippen LogP contribution in [-0.2, 0) is 0 Å². The van der Waals surface area contributed by atoms with E-state index in [0.29, 0.717) is 45.2 Å². The van der Waals surface area contributed by atoms with Gasteiger partial charge in [0.15, 0.2) is 17.4 Å². The zero-order valence-electron chi connectivity index (χ0n) is 16.5. The van der Waals surface area contributed by atoms with Crippen LogP contribution in [0.4, 0.5) is 0 Å². The van der Waals surface area contributed by atoms with Crippen molar-refractivity contribution >= 4 is 36.5 Å². The summed E-state index contributed by atoms with van der Waals surface area (Å²) in [5.41, 5.74) is 13.9. The van der Waals surface area contributed by atoms with Gasteiger partial charge in [0.25, 0.3) is 0 Å². The number of benzene rings is 2. The third-order valence-electron chi connectivity index (χ3n) is 4.26. The number of nitrogens with zero attached hydrogens (tertiary/aromatic N) is 3. The maximum atomic E-state index is 8.99. The fraction of sp³-hybridized carbons (Fsp3) is 0.105. The van der Waals surface area contributed by atoms with Crippen LogP contribution >= 0.6 is 24.8 Å². The van der Waals surface area contributed by atoms with Gasteiger partial charge in [-0.2, -0.15) is 0 Å². The average molecular weight is 470 g/mol. The zero-order chi connectivity index (χ0) is 21.0. The quantitative estimate of drug-likeness (QED) is 0.185. The molecule has 0 fully saturated rings. The van der Waals surface area contributed by atoms with Crippen LogP contribution in [0.2, 0.25) is 0 Å². The molecule has 31 heavy (non-hydrogen) atoms. The van der Waals surface area contributed by atoms with Crippen LogP contribution < -0.4 is 20.9 Å². The monoisotopic (exact) mass is 469 g/mol. The lowest BCUT2D eigenvalue weighted by Gasteiger charge is -2.11. The standard InChI is InChI=1S/C19H19N5O5.2ClH/c1-27-16-10(5-3-7-12(16)18(20)22-25)14-9-15(29-24-14)11-6-4-8-13(17(11)28-2)19(21)23-26;;/h3-9,25-26H,1-2H3,(H2,20,22)(H2,21,23);2*1H. The molecule has 0 bridgehead atoms. The minimum Gasteiger partial charge on any atom is -0.495 e. The van der Waals surface area contributed by atoms with Crippen molar-refractivity contribution in [2.45, 2.75) is 0 Å². The molecule has 0 radical (unpaired) electrons. The number of ether oxygens (including phenoxy) is 2. The van der Waals surface area contributed by atoms with Gasteiger partial charge in [0.2, 0.25) is 0 Å². The first-order chi connectivity index (χ1) is 14.0. The minimum atomic E-state index is -0.100. The van der Waals surface area contributed by atoms with Crippen molar-refractivity contribution in [2.24, 2.45) is 21.8 Å². The number of para-hydroxylation sites is 2. The van der Waals surface area contributed by atoms with Gasteiger partial charge in [-0.3, -0.25) is 0 Å². The summed E-state index contributed by atoms with van der Waals surface area (Å²) in [5.74, 6) is 0.931. The van der Waals surface area contributed by atoms with Crippen LogP contribution in [0.5, 0.6) is 11.5 Å². The molecule has 6 N–H and O–H groups in total. The van der Waals surface area contributed by atoms with Crippen LogP contribution in [0.15, 0.2) is 57.3 Å². The molecule has 166 valence electrons. The maximum Gasteiger partial charge on any atom is 0.173 e. The van der Waals surface area contributed by atoms with E-state index in [9.17, 15) is 0 Å². The van der Waals surface area contributed by atoms with Crippen molar-refractivity contribution in [1.82, 2.24) is 5.16 Å². The first-order valence-electron chi connectivity index (χ1n) is 8.32. The molecule has 12 heteroatoms. The molecule has 0 amide bonds. The van der Waals surface area contributed by atoms with Crippen molar-refractivity contribution in [2.75, 3.05) is 14.2 Å². The SMILES string of the molecule is COc1c(/C(N)=N/O)cccc1-c1cc(-c2cccc(/C(N)=N/O)c2OC)on1.Cl.Cl. The van der Waals surface area contributed by atoms with Gasteiger partial charge in [-0.1, -0.05) is 27.6 Å². The highest BCUT2D eigenvalue weighted by Crippen LogP contribution is 2.38. The zero-order valence-corrected chi connectivity index (χ0v) is 18.1. The van der Waals surface area contributed by atoms with Crippen LogP contribution in [0, 0.1) is 0 Å². The lowest BCUT2D eigenvalue weighted by atomic mass is 10.0. The predicted octanol–water partition coefficient (Wildman–Crippen LogP) is 3.06. The molecule has 0 aliphatic rings. The Labute approximate surface area is 189 Å². The van der Waals surface area contributed by atoms with Crippen LogP contribution in [0.1, 0.15) is 11.1 Å². The highest BCUT2D eigenvalue weighted by molar-refractivity contribution is 6.02. The summed E-state index contributed by atoms with van der Waals surface area (Å²) in [6, 6.07) is 11.9. The lowest BCUT2D eigenvalue weighted by molar-refractivity contribution is 0.318. The second-order valence-corrected chi connectivity index (χ2v) is 5.82. The molecule has 3 rings (SSSR count). The van der Waals surface area contributed by atoms with E-state index in [-0.39, 0.29) is 36.5 Å². The van der Waals surface area contributed by atoms with Gasteiger partial charge in [0.1, 0.15) is 17.2 Å². The molecule has 10 nitrogen and oxygen atoms in total. The van der Waals surface area contributed by atoms with E-state index >= 15 is 0 Å². The molecule has 0 spiro atoms. The number of halogens is 2. The van der Waals surface area contributed by atoms with E-state index in [2.05, 4.69) is 15.5 Å². The Morgan fingerprint density at radius 2 is 1.35 bits per heavy atom. The van der Waals surface area contributed by atoms with Gasteiger partial charge < -0.3 is 35.9 Å². The summed E-state index contributed by atoms with van der Waals surface area (Å²) in [6.45, 7) is 0. The topological polar surface area (TPSA) is 162 Å². The van der Waals surface area contributed by atoms with Crippen LogP contribution in [0.25, 0.3) is 22.6 Å². The summed E-state index contributed by atoms with van der Waals surface area (Å²) in [7, 11) is 2.94. The first-order valence-corrected chi connectivity index (χ1v) is 8.32. The summed E-state index contributed by atoms with van der Waals surface area (Å²) >= 11 is 0. The number of oxime groups is 2. The molecule has 1 aromatic heterocycles. The lowest BCUT2D eigenvalue weighted by Crippen LogP contribution is -2.14. The van der Waals surface area contributed by atoms with Crippen molar-refractivity contribution in [3.8, 4) is 34.1 Å². The molecule has 0 unspecified atom stereocenters. The summed E-state index contributed by atoms with van der Waals surface area (Å²) in [6.07, 6.45) is 0. The Morgan fingerprint density at radius 1 is 0.871 bits per heavy atom. The van der Waals surface area contributed by atoms with Gasteiger partial charge in [0.05, 0.1) is 30.9 Å². The van der Waals surface area contributed by atoms with Crippen molar-refractivity contribution in [3.05, 3.63) is 53.6 Å². The number of amidine groups is 2. The molecule has 0 aliphatic heterocycles. The van der Waals surface area contributed by atoms with E-state index in [4.69, 9.17) is 35.9 Å². The Balaban J connectivity index is 0.00000240. The van der Waals surface area contributed by atoms with E-state index in [0.717, 1.165) is 0 Å². The van der Waals surface area contributed by atoms with E-state index in [1.54, 1.807) is 42.5 Å². The fourth-order valence-electron chi connectivity index (χ4n) is 2.95. The third-order valence-corrected chi connectivity index (χ3v) is 4.26. The van der Waals surface area contributed by atoms with Crippen molar-refractivity contribution in [1.29, 1.82) is 0 Å². The van der Waals surface area contributed by atoms with E-state index in [1.165, 1.54) is 14.2 Å². The highest BCUT2D eigenvalue weighted by Gasteiger charge is 2.20. The van der Waals surface area contributed by atoms with Gasteiger partial charge in [-0.25, -0.2) is 0 Å². The van der Waals surface area contributed by atoms with Gasteiger partial charge in [-0.15, -0.1) is 24.8 Å².